The van der Waals surface area contributed by atoms with Crippen molar-refractivity contribution in [3.63, 3.8) is 0 Å². The van der Waals surface area contributed by atoms with Crippen molar-refractivity contribution in [3.8, 4) is 23.3 Å². The lowest BCUT2D eigenvalue weighted by Crippen LogP contribution is -2.31. The molecule has 172 valence electrons. The van der Waals surface area contributed by atoms with Crippen molar-refractivity contribution in [2.24, 2.45) is 0 Å². The van der Waals surface area contributed by atoms with Crippen LogP contribution < -0.4 is 19.5 Å². The van der Waals surface area contributed by atoms with E-state index in [-0.39, 0.29) is 10.5 Å². The molecule has 2 aromatic rings. The third kappa shape index (κ3) is 5.12. The van der Waals surface area contributed by atoms with Crippen LogP contribution in [0.5, 0.6) is 17.2 Å². The number of carbonyl (C=O) groups is 1. The quantitative estimate of drug-likeness (QED) is 0.578. The summed E-state index contributed by atoms with van der Waals surface area (Å²) < 4.78 is 42.7. The van der Waals surface area contributed by atoms with Crippen molar-refractivity contribution >= 4 is 15.9 Å². The van der Waals surface area contributed by atoms with Gasteiger partial charge in [0, 0.05) is 18.7 Å². The molecule has 10 heteroatoms. The van der Waals surface area contributed by atoms with Crippen molar-refractivity contribution in [1.29, 1.82) is 5.26 Å². The molecule has 0 saturated heterocycles. The van der Waals surface area contributed by atoms with Gasteiger partial charge in [-0.1, -0.05) is 19.9 Å². The average Bonchev–Trinajstić information content (AvgIpc) is 2.81. The molecule has 0 radical (unpaired) electrons. The molecule has 1 amide bonds. The van der Waals surface area contributed by atoms with Gasteiger partial charge in [-0.3, -0.25) is 4.79 Å². The number of hydrogen-bond donors (Lipinski definition) is 1. The maximum absolute atomic E-state index is 12.8. The lowest BCUT2D eigenvalue weighted by molar-refractivity contribution is 0.0945. The van der Waals surface area contributed by atoms with Gasteiger partial charge in [-0.2, -0.15) is 9.57 Å². The summed E-state index contributed by atoms with van der Waals surface area (Å²) >= 11 is 0. The Labute approximate surface area is 188 Å². The fourth-order valence-electron chi connectivity index (χ4n) is 3.18. The van der Waals surface area contributed by atoms with Crippen LogP contribution in [-0.2, 0) is 10.0 Å². The van der Waals surface area contributed by atoms with E-state index in [9.17, 15) is 18.5 Å². The Morgan fingerprint density at radius 2 is 1.66 bits per heavy atom. The Kier molecular flexibility index (Phi) is 8.46. The molecule has 0 spiro atoms. The van der Waals surface area contributed by atoms with Gasteiger partial charge in [0.15, 0.2) is 11.5 Å². The maximum atomic E-state index is 12.8. The van der Waals surface area contributed by atoms with E-state index in [2.05, 4.69) is 5.32 Å². The lowest BCUT2D eigenvalue weighted by atomic mass is 10.1. The van der Waals surface area contributed by atoms with E-state index in [0.717, 1.165) is 0 Å². The summed E-state index contributed by atoms with van der Waals surface area (Å²) in [6, 6.07) is 9.83. The third-order valence-electron chi connectivity index (χ3n) is 4.86. The van der Waals surface area contributed by atoms with Crippen LogP contribution >= 0.6 is 0 Å². The summed E-state index contributed by atoms with van der Waals surface area (Å²) in [7, 11) is 0.628. The molecule has 0 fully saturated rings. The van der Waals surface area contributed by atoms with Gasteiger partial charge in [0.2, 0.25) is 15.8 Å². The molecule has 0 aliphatic heterocycles. The zero-order valence-electron chi connectivity index (χ0n) is 18.7. The van der Waals surface area contributed by atoms with Gasteiger partial charge < -0.3 is 19.5 Å². The molecule has 0 bridgehead atoms. The van der Waals surface area contributed by atoms with E-state index >= 15 is 0 Å². The number of sulfonamides is 1. The second-order valence-corrected chi connectivity index (χ2v) is 8.55. The zero-order valence-corrected chi connectivity index (χ0v) is 19.5. The number of benzene rings is 2. The molecule has 1 unspecified atom stereocenters. The highest BCUT2D eigenvalue weighted by Crippen LogP contribution is 2.39. The molecular weight excluding hydrogens is 434 g/mol. The maximum Gasteiger partial charge on any atom is 0.252 e. The molecule has 0 aliphatic carbocycles. The average molecular weight is 462 g/mol. The Morgan fingerprint density at radius 1 is 1.06 bits per heavy atom. The summed E-state index contributed by atoms with van der Waals surface area (Å²) in [4.78, 5) is 12.9. The van der Waals surface area contributed by atoms with Crippen LogP contribution in [0.4, 0.5) is 0 Å². The number of rotatable bonds is 10. The molecule has 0 saturated carbocycles. The van der Waals surface area contributed by atoms with Crippen LogP contribution in [0.3, 0.4) is 0 Å². The molecule has 1 N–H and O–H groups in total. The van der Waals surface area contributed by atoms with E-state index < -0.39 is 22.0 Å². The Balaban J connectivity index is 2.37. The van der Waals surface area contributed by atoms with Crippen LogP contribution in [0.2, 0.25) is 0 Å². The van der Waals surface area contributed by atoms with Gasteiger partial charge in [0.05, 0.1) is 32.3 Å². The number of nitrogens with one attached hydrogen (secondary N) is 1. The minimum atomic E-state index is -3.73. The Bertz CT molecular complexity index is 1080. The van der Waals surface area contributed by atoms with Crippen molar-refractivity contribution < 1.29 is 27.4 Å². The van der Waals surface area contributed by atoms with E-state index in [4.69, 9.17) is 14.2 Å². The molecule has 2 rings (SSSR count). The van der Waals surface area contributed by atoms with Gasteiger partial charge in [0.25, 0.3) is 5.91 Å². The molecule has 0 heterocycles. The van der Waals surface area contributed by atoms with Crippen LogP contribution in [0.25, 0.3) is 0 Å². The first-order valence-electron chi connectivity index (χ1n) is 9.87. The predicted octanol–water partition coefficient (Wildman–Crippen LogP) is 2.74. The summed E-state index contributed by atoms with van der Waals surface area (Å²) in [6.45, 7) is 4.11. The predicted molar refractivity (Wildman–Crippen MR) is 118 cm³/mol. The second kappa shape index (κ2) is 10.8. The van der Waals surface area contributed by atoms with Gasteiger partial charge in [0.1, 0.15) is 6.04 Å². The molecule has 0 aromatic heterocycles. The minimum Gasteiger partial charge on any atom is -0.493 e. The summed E-state index contributed by atoms with van der Waals surface area (Å²) in [5.41, 5.74) is 0.535. The monoisotopic (exact) mass is 461 g/mol. The molecule has 0 aliphatic rings. The second-order valence-electron chi connectivity index (χ2n) is 6.61. The first kappa shape index (κ1) is 25.0. The summed E-state index contributed by atoms with van der Waals surface area (Å²) in [6.07, 6.45) is 0. The van der Waals surface area contributed by atoms with Gasteiger partial charge in [-0.15, -0.1) is 0 Å². The normalized spacial score (nSPS) is 12.0. The SMILES string of the molecule is CCN(CC)S(=O)(=O)c1cccc(C(=O)NC(C#N)c2cc(OC)c(OC)c(OC)c2)c1. The number of nitrogens with zero attached hydrogens (tertiary/aromatic N) is 2. The lowest BCUT2D eigenvalue weighted by Gasteiger charge is -2.19. The first-order valence-corrected chi connectivity index (χ1v) is 11.3. The molecular formula is C22H27N3O6S. The number of ether oxygens (including phenoxy) is 3. The van der Waals surface area contributed by atoms with Crippen molar-refractivity contribution in [3.05, 3.63) is 47.5 Å². The smallest absolute Gasteiger partial charge is 0.252 e. The zero-order chi connectivity index (χ0) is 23.9. The summed E-state index contributed by atoms with van der Waals surface area (Å²) in [5.74, 6) is 0.435. The largest absolute Gasteiger partial charge is 0.493 e. The van der Waals surface area contributed by atoms with Crippen LogP contribution in [0.15, 0.2) is 41.3 Å². The van der Waals surface area contributed by atoms with E-state index in [1.165, 1.54) is 49.9 Å². The van der Waals surface area contributed by atoms with E-state index in [1.807, 2.05) is 6.07 Å². The van der Waals surface area contributed by atoms with Crippen molar-refractivity contribution in [2.75, 3.05) is 34.4 Å². The minimum absolute atomic E-state index is 0.00939. The summed E-state index contributed by atoms with van der Waals surface area (Å²) in [5, 5.41) is 12.3. The molecule has 2 aromatic carbocycles. The number of nitriles is 1. The van der Waals surface area contributed by atoms with Crippen LogP contribution in [0.1, 0.15) is 35.8 Å². The van der Waals surface area contributed by atoms with Crippen LogP contribution in [-0.4, -0.2) is 53.0 Å². The standard InChI is InChI=1S/C22H27N3O6S/c1-6-25(7-2)32(27,28)17-10-8-9-15(11-17)22(26)24-18(14-23)16-12-19(29-3)21(31-5)20(13-16)30-4/h8-13,18H,6-7H2,1-5H3,(H,24,26). The van der Waals surface area contributed by atoms with Crippen LogP contribution in [0, 0.1) is 11.3 Å². The van der Waals surface area contributed by atoms with Gasteiger partial charge in [-0.05, 0) is 35.9 Å². The van der Waals surface area contributed by atoms with Gasteiger partial charge in [-0.25, -0.2) is 8.42 Å². The van der Waals surface area contributed by atoms with E-state index in [0.29, 0.717) is 35.9 Å². The number of amides is 1. The third-order valence-corrected chi connectivity index (χ3v) is 6.91. The fourth-order valence-corrected chi connectivity index (χ4v) is 4.69. The van der Waals surface area contributed by atoms with Gasteiger partial charge >= 0.3 is 0 Å². The Morgan fingerprint density at radius 3 is 2.12 bits per heavy atom. The molecule has 1 atom stereocenters. The van der Waals surface area contributed by atoms with Crippen molar-refractivity contribution in [1.82, 2.24) is 9.62 Å². The number of hydrogen-bond acceptors (Lipinski definition) is 7. The number of carbonyl (C=O) groups excluding carboxylic acids is 1. The van der Waals surface area contributed by atoms with Crippen molar-refractivity contribution in [2.45, 2.75) is 24.8 Å². The fraction of sp³-hybridized carbons (Fsp3) is 0.364. The Hall–Kier alpha value is -3.29. The first-order chi connectivity index (χ1) is 15.3. The topological polar surface area (TPSA) is 118 Å². The highest BCUT2D eigenvalue weighted by Gasteiger charge is 2.24. The highest BCUT2D eigenvalue weighted by molar-refractivity contribution is 7.89. The number of methoxy groups -OCH3 is 3. The molecule has 9 nitrogen and oxygen atoms in total. The van der Waals surface area contributed by atoms with E-state index in [1.54, 1.807) is 26.0 Å². The molecule has 32 heavy (non-hydrogen) atoms. The highest BCUT2D eigenvalue weighted by atomic mass is 32.2.